The van der Waals surface area contributed by atoms with Crippen molar-refractivity contribution in [3.63, 3.8) is 0 Å². The highest BCUT2D eigenvalue weighted by atomic mass is 19.4. The summed E-state index contributed by atoms with van der Waals surface area (Å²) in [5.74, 6) is -7.23. The van der Waals surface area contributed by atoms with Crippen molar-refractivity contribution >= 4 is 17.6 Å². The van der Waals surface area contributed by atoms with Crippen LogP contribution in [-0.4, -0.2) is 86.0 Å². The maximum Gasteiger partial charge on any atom is 0.490 e. The van der Waals surface area contributed by atoms with Crippen LogP contribution in [0.4, 0.5) is 40.8 Å². The first-order valence-corrected chi connectivity index (χ1v) is 11.2. The van der Waals surface area contributed by atoms with E-state index >= 15 is 0 Å². The summed E-state index contributed by atoms with van der Waals surface area (Å²) in [4.78, 5) is 30.4. The molecule has 1 atom stereocenters. The average molecular weight is 575 g/mol. The second kappa shape index (κ2) is 12.1. The largest absolute Gasteiger partial charge is 0.490 e. The van der Waals surface area contributed by atoms with Crippen molar-refractivity contribution in [3.05, 3.63) is 42.7 Å². The van der Waals surface area contributed by atoms with Crippen LogP contribution in [0.2, 0.25) is 0 Å². The Bertz CT molecular complexity index is 1090. The van der Waals surface area contributed by atoms with Crippen molar-refractivity contribution < 1.29 is 54.9 Å². The van der Waals surface area contributed by atoms with Gasteiger partial charge in [0.2, 0.25) is 0 Å². The summed E-state index contributed by atoms with van der Waals surface area (Å²) in [5, 5.41) is 14.2. The maximum absolute atomic E-state index is 14.9. The molecule has 0 bridgehead atoms. The Labute approximate surface area is 216 Å². The lowest BCUT2D eigenvalue weighted by molar-refractivity contribution is -0.193. The molecule has 9 nitrogen and oxygen atoms in total. The molecule has 0 aromatic carbocycles. The number of pyridine rings is 1. The van der Waals surface area contributed by atoms with E-state index in [0.29, 0.717) is 39.1 Å². The average Bonchev–Trinajstić information content (AvgIpc) is 3.44. The number of aryl methyl sites for hydroxylation is 1. The molecule has 2 fully saturated rings. The normalized spacial score (nSPS) is 21.0. The van der Waals surface area contributed by atoms with Crippen LogP contribution in [0, 0.1) is 5.41 Å². The molecule has 2 aliphatic rings. The van der Waals surface area contributed by atoms with Gasteiger partial charge in [-0.3, -0.25) is 9.88 Å². The lowest BCUT2D eigenvalue weighted by atomic mass is 9.75. The summed E-state index contributed by atoms with van der Waals surface area (Å²) in [6.07, 6.45) is -2.64. The number of rotatable bonds is 3. The van der Waals surface area contributed by atoms with Crippen LogP contribution < -0.4 is 4.90 Å². The first-order chi connectivity index (χ1) is 17.9. The van der Waals surface area contributed by atoms with E-state index in [1.54, 1.807) is 18.6 Å². The van der Waals surface area contributed by atoms with Crippen molar-refractivity contribution in [1.82, 2.24) is 19.4 Å². The molecule has 2 saturated heterocycles. The Morgan fingerprint density at radius 1 is 0.974 bits per heavy atom. The number of likely N-dealkylation sites (tertiary alicyclic amines) is 1. The number of carboxylic acids is 2. The second-order valence-electron chi connectivity index (χ2n) is 8.89. The SMILES string of the molecule is Cn1ccnc1CN1CCC(F)(F)C2(CCN(c3cccnc3)C2)C1.O=C(O)C(F)(F)F.O=C(O)C(F)(F)F. The van der Waals surface area contributed by atoms with Gasteiger partial charge in [-0.15, -0.1) is 0 Å². The van der Waals surface area contributed by atoms with E-state index in [1.807, 2.05) is 34.8 Å². The molecule has 0 saturated carbocycles. The van der Waals surface area contributed by atoms with Gasteiger partial charge in [0.05, 0.1) is 23.8 Å². The van der Waals surface area contributed by atoms with E-state index < -0.39 is 35.6 Å². The Balaban J connectivity index is 0.000000317. The van der Waals surface area contributed by atoms with Crippen LogP contribution in [0.3, 0.4) is 0 Å². The Morgan fingerprint density at radius 3 is 2.03 bits per heavy atom. The molecule has 2 N–H and O–H groups in total. The number of nitrogens with zero attached hydrogens (tertiary/aromatic N) is 5. The summed E-state index contributed by atoms with van der Waals surface area (Å²) in [7, 11) is 1.94. The van der Waals surface area contributed by atoms with Crippen LogP contribution in [-0.2, 0) is 23.2 Å². The molecule has 2 aromatic heterocycles. The van der Waals surface area contributed by atoms with Gasteiger partial charge in [0.25, 0.3) is 5.92 Å². The van der Waals surface area contributed by atoms with E-state index in [2.05, 4.69) is 14.9 Å². The van der Waals surface area contributed by atoms with Crippen LogP contribution in [0.5, 0.6) is 0 Å². The van der Waals surface area contributed by atoms with E-state index in [0.717, 1.165) is 11.5 Å². The highest BCUT2D eigenvalue weighted by Gasteiger charge is 2.59. The molecular formula is C22H25F8N5O4. The van der Waals surface area contributed by atoms with E-state index in [1.165, 1.54) is 0 Å². The van der Waals surface area contributed by atoms with Crippen molar-refractivity contribution in [2.45, 2.75) is 37.7 Å². The van der Waals surface area contributed by atoms with E-state index in [4.69, 9.17) is 19.8 Å². The maximum atomic E-state index is 14.9. The van der Waals surface area contributed by atoms with E-state index in [-0.39, 0.29) is 6.42 Å². The topological polar surface area (TPSA) is 112 Å². The summed E-state index contributed by atoms with van der Waals surface area (Å²) in [6, 6.07) is 3.80. The minimum absolute atomic E-state index is 0.0850. The fourth-order valence-electron chi connectivity index (χ4n) is 4.13. The van der Waals surface area contributed by atoms with Gasteiger partial charge in [-0.05, 0) is 18.6 Å². The minimum atomic E-state index is -5.08. The lowest BCUT2D eigenvalue weighted by Gasteiger charge is -2.45. The summed E-state index contributed by atoms with van der Waals surface area (Å²) < 4.78 is 95.2. The number of anilines is 1. The molecule has 1 spiro atoms. The zero-order valence-corrected chi connectivity index (χ0v) is 20.4. The van der Waals surface area contributed by atoms with Crippen molar-refractivity contribution in [3.8, 4) is 0 Å². The summed E-state index contributed by atoms with van der Waals surface area (Å²) >= 11 is 0. The minimum Gasteiger partial charge on any atom is -0.475 e. The van der Waals surface area contributed by atoms with Crippen LogP contribution >= 0.6 is 0 Å². The molecule has 1 unspecified atom stereocenters. The lowest BCUT2D eigenvalue weighted by Crippen LogP contribution is -2.56. The fourth-order valence-corrected chi connectivity index (χ4v) is 4.13. The fraction of sp³-hybridized carbons (Fsp3) is 0.545. The molecule has 17 heteroatoms. The van der Waals surface area contributed by atoms with Gasteiger partial charge in [0.1, 0.15) is 5.82 Å². The predicted octanol–water partition coefficient (Wildman–Crippen LogP) is 3.82. The number of carbonyl (C=O) groups is 2. The number of hydrogen-bond acceptors (Lipinski definition) is 6. The number of imidazole rings is 1. The molecule has 4 rings (SSSR count). The molecule has 0 radical (unpaired) electrons. The zero-order chi connectivity index (χ0) is 29.6. The summed E-state index contributed by atoms with van der Waals surface area (Å²) in [5.41, 5.74) is -0.0666. The molecule has 0 amide bonds. The van der Waals surface area contributed by atoms with Gasteiger partial charge in [0, 0.05) is 58.2 Å². The molecule has 2 aliphatic heterocycles. The third-order valence-corrected chi connectivity index (χ3v) is 6.18. The Hall–Kier alpha value is -3.50. The molecule has 4 heterocycles. The molecule has 218 valence electrons. The van der Waals surface area contributed by atoms with Gasteiger partial charge in [-0.2, -0.15) is 26.3 Å². The number of aromatic nitrogens is 3. The smallest absolute Gasteiger partial charge is 0.475 e. The molecule has 2 aromatic rings. The second-order valence-corrected chi connectivity index (χ2v) is 8.89. The van der Waals surface area contributed by atoms with Crippen LogP contribution in [0.1, 0.15) is 18.7 Å². The number of carboxylic acid groups (broad SMARTS) is 2. The number of alkyl halides is 8. The van der Waals surface area contributed by atoms with Crippen molar-refractivity contribution in [2.75, 3.05) is 31.1 Å². The number of aliphatic carboxylic acids is 2. The molecular weight excluding hydrogens is 550 g/mol. The number of hydrogen-bond donors (Lipinski definition) is 2. The highest BCUT2D eigenvalue weighted by molar-refractivity contribution is 5.73. The third-order valence-electron chi connectivity index (χ3n) is 6.18. The highest BCUT2D eigenvalue weighted by Crippen LogP contribution is 2.50. The van der Waals surface area contributed by atoms with Crippen LogP contribution in [0.25, 0.3) is 0 Å². The standard InChI is InChI=1S/C18H23F2N5.2C2HF3O2/c1-23-10-7-22-16(23)12-24-8-5-18(19,20)17(13-24)4-9-25(14-17)15-3-2-6-21-11-15;2*3-2(4,5)1(6)7/h2-3,6-7,10-11H,4-5,8-9,12-14H2,1H3;2*(H,6,7). The number of piperidine rings is 1. The van der Waals surface area contributed by atoms with Gasteiger partial charge < -0.3 is 19.7 Å². The quantitative estimate of drug-likeness (QED) is 0.532. The van der Waals surface area contributed by atoms with Gasteiger partial charge in [-0.1, -0.05) is 0 Å². The first-order valence-electron chi connectivity index (χ1n) is 11.2. The van der Waals surface area contributed by atoms with Crippen molar-refractivity contribution in [2.24, 2.45) is 12.5 Å². The van der Waals surface area contributed by atoms with E-state index in [9.17, 15) is 35.1 Å². The Morgan fingerprint density at radius 2 is 1.56 bits per heavy atom. The zero-order valence-electron chi connectivity index (χ0n) is 20.4. The van der Waals surface area contributed by atoms with Crippen molar-refractivity contribution in [1.29, 1.82) is 0 Å². The third kappa shape index (κ3) is 8.49. The Kier molecular flexibility index (Phi) is 9.86. The molecule has 0 aliphatic carbocycles. The monoisotopic (exact) mass is 575 g/mol. The van der Waals surface area contributed by atoms with Gasteiger partial charge in [0.15, 0.2) is 0 Å². The van der Waals surface area contributed by atoms with Crippen LogP contribution in [0.15, 0.2) is 36.9 Å². The summed E-state index contributed by atoms with van der Waals surface area (Å²) in [6.45, 7) is 2.46. The first kappa shape index (κ1) is 31.7. The van der Waals surface area contributed by atoms with Gasteiger partial charge in [-0.25, -0.2) is 23.4 Å². The number of halogens is 8. The predicted molar refractivity (Wildman–Crippen MR) is 119 cm³/mol. The van der Waals surface area contributed by atoms with Gasteiger partial charge >= 0.3 is 24.3 Å². The molecule has 39 heavy (non-hydrogen) atoms.